The van der Waals surface area contributed by atoms with Crippen LogP contribution in [-0.4, -0.2) is 18.3 Å². The Bertz CT molecular complexity index is 98.5. The summed E-state index contributed by atoms with van der Waals surface area (Å²) in [6.07, 6.45) is 9.16. The van der Waals surface area contributed by atoms with E-state index in [1.165, 1.54) is 51.5 Å². The van der Waals surface area contributed by atoms with E-state index < -0.39 is 0 Å². The van der Waals surface area contributed by atoms with Gasteiger partial charge in [0, 0.05) is 6.04 Å². The van der Waals surface area contributed by atoms with Crippen molar-refractivity contribution >= 4 is 12.6 Å². The van der Waals surface area contributed by atoms with E-state index in [1.807, 2.05) is 0 Å². The molecule has 1 nitrogen and oxygen atoms in total. The average molecular weight is 217 g/mol. The molecule has 0 radical (unpaired) electrons. The van der Waals surface area contributed by atoms with Crippen molar-refractivity contribution in [3.63, 3.8) is 0 Å². The summed E-state index contributed by atoms with van der Waals surface area (Å²) in [5.74, 6) is 1.03. The average Bonchev–Trinajstić information content (AvgIpc) is 2.21. The first-order chi connectivity index (χ1) is 6.85. The van der Waals surface area contributed by atoms with Crippen LogP contribution in [0.2, 0.25) is 0 Å². The lowest BCUT2D eigenvalue weighted by Gasteiger charge is -2.17. The Hall–Kier alpha value is 0.310. The van der Waals surface area contributed by atoms with Crippen LogP contribution in [0.1, 0.15) is 58.8 Å². The van der Waals surface area contributed by atoms with Crippen LogP contribution in [0, 0.1) is 0 Å². The van der Waals surface area contributed by atoms with E-state index in [0.717, 1.165) is 11.8 Å². The van der Waals surface area contributed by atoms with E-state index in [1.54, 1.807) is 0 Å². The first-order valence-corrected chi connectivity index (χ1v) is 6.82. The van der Waals surface area contributed by atoms with Crippen LogP contribution >= 0.6 is 12.6 Å². The fraction of sp³-hybridized carbons (Fsp3) is 1.00. The number of hydrogen-bond donors (Lipinski definition) is 2. The second-order valence-electron chi connectivity index (χ2n) is 4.01. The summed E-state index contributed by atoms with van der Waals surface area (Å²) < 4.78 is 0. The van der Waals surface area contributed by atoms with Gasteiger partial charge in [-0.2, -0.15) is 12.6 Å². The molecule has 0 saturated carbocycles. The number of nitrogens with one attached hydrogen (secondary N) is 1. The zero-order chi connectivity index (χ0) is 10.6. The third-order valence-electron chi connectivity index (χ3n) is 2.58. The molecule has 0 heterocycles. The summed E-state index contributed by atoms with van der Waals surface area (Å²) in [5.41, 5.74) is 0. The van der Waals surface area contributed by atoms with Crippen molar-refractivity contribution < 1.29 is 0 Å². The van der Waals surface area contributed by atoms with Gasteiger partial charge >= 0.3 is 0 Å². The second-order valence-corrected chi connectivity index (χ2v) is 4.46. The van der Waals surface area contributed by atoms with Crippen LogP contribution in [0.4, 0.5) is 0 Å². The van der Waals surface area contributed by atoms with Crippen molar-refractivity contribution in [3.8, 4) is 0 Å². The highest BCUT2D eigenvalue weighted by molar-refractivity contribution is 7.80. The summed E-state index contributed by atoms with van der Waals surface area (Å²) in [5, 5.41) is 3.66. The molecule has 0 saturated heterocycles. The molecule has 1 unspecified atom stereocenters. The molecular formula is C12H27NS. The van der Waals surface area contributed by atoms with Gasteiger partial charge in [-0.05, 0) is 38.0 Å². The van der Waals surface area contributed by atoms with Crippen LogP contribution in [0.5, 0.6) is 0 Å². The van der Waals surface area contributed by atoms with Crippen molar-refractivity contribution in [3.05, 3.63) is 0 Å². The van der Waals surface area contributed by atoms with Crippen LogP contribution in [0.15, 0.2) is 0 Å². The van der Waals surface area contributed by atoms with Crippen LogP contribution in [0.25, 0.3) is 0 Å². The molecule has 2 heteroatoms. The number of rotatable bonds is 10. The second kappa shape index (κ2) is 11.4. The maximum Gasteiger partial charge on any atom is 0.00673 e. The molecule has 14 heavy (non-hydrogen) atoms. The van der Waals surface area contributed by atoms with Gasteiger partial charge in [0.15, 0.2) is 0 Å². The normalized spacial score (nSPS) is 13.1. The summed E-state index contributed by atoms with van der Waals surface area (Å²) in [4.78, 5) is 0. The van der Waals surface area contributed by atoms with E-state index >= 15 is 0 Å². The summed E-state index contributed by atoms with van der Waals surface area (Å²) in [6, 6.07) is 0.744. The van der Waals surface area contributed by atoms with Crippen molar-refractivity contribution in [2.45, 2.75) is 64.8 Å². The molecule has 0 aliphatic rings. The van der Waals surface area contributed by atoms with E-state index in [4.69, 9.17) is 0 Å². The Balaban J connectivity index is 3.49. The highest BCUT2D eigenvalue weighted by atomic mass is 32.1. The van der Waals surface area contributed by atoms with Gasteiger partial charge < -0.3 is 5.32 Å². The summed E-state index contributed by atoms with van der Waals surface area (Å²) in [7, 11) is 0. The first kappa shape index (κ1) is 14.3. The standard InChI is InChI=1S/C12H27NS/c1-3-5-8-12(9-7-11-14)13-10-6-4-2/h12-14H,3-11H2,1-2H3. The lowest BCUT2D eigenvalue weighted by molar-refractivity contribution is 0.432. The van der Waals surface area contributed by atoms with Crippen molar-refractivity contribution in [2.75, 3.05) is 12.3 Å². The fourth-order valence-electron chi connectivity index (χ4n) is 1.62. The largest absolute Gasteiger partial charge is 0.314 e. The highest BCUT2D eigenvalue weighted by Gasteiger charge is 2.05. The number of thiol groups is 1. The van der Waals surface area contributed by atoms with E-state index in [9.17, 15) is 0 Å². The molecule has 0 aromatic carbocycles. The maximum absolute atomic E-state index is 4.27. The van der Waals surface area contributed by atoms with E-state index in [2.05, 4.69) is 31.8 Å². The molecule has 0 bridgehead atoms. The zero-order valence-electron chi connectivity index (χ0n) is 9.89. The monoisotopic (exact) mass is 217 g/mol. The van der Waals surface area contributed by atoms with Gasteiger partial charge in [-0.25, -0.2) is 0 Å². The molecule has 0 amide bonds. The summed E-state index contributed by atoms with van der Waals surface area (Å²) >= 11 is 4.27. The van der Waals surface area contributed by atoms with Crippen molar-refractivity contribution in [1.82, 2.24) is 5.32 Å². The molecule has 0 rings (SSSR count). The van der Waals surface area contributed by atoms with Gasteiger partial charge in [0.25, 0.3) is 0 Å². The number of hydrogen-bond acceptors (Lipinski definition) is 2. The smallest absolute Gasteiger partial charge is 0.00673 e. The molecular weight excluding hydrogens is 190 g/mol. The van der Waals surface area contributed by atoms with Crippen LogP contribution in [0.3, 0.4) is 0 Å². The van der Waals surface area contributed by atoms with Gasteiger partial charge in [0.2, 0.25) is 0 Å². The third kappa shape index (κ3) is 8.89. The van der Waals surface area contributed by atoms with Gasteiger partial charge in [-0.15, -0.1) is 0 Å². The van der Waals surface area contributed by atoms with Crippen molar-refractivity contribution in [2.24, 2.45) is 0 Å². The van der Waals surface area contributed by atoms with E-state index in [0.29, 0.717) is 0 Å². The molecule has 86 valence electrons. The van der Waals surface area contributed by atoms with E-state index in [-0.39, 0.29) is 0 Å². The minimum absolute atomic E-state index is 0.744. The molecule has 0 aromatic rings. The Morgan fingerprint density at radius 1 is 1.00 bits per heavy atom. The molecule has 1 N–H and O–H groups in total. The lowest BCUT2D eigenvalue weighted by Crippen LogP contribution is -2.30. The predicted molar refractivity (Wildman–Crippen MR) is 69.3 cm³/mol. The molecule has 0 spiro atoms. The molecule has 0 fully saturated rings. The van der Waals surface area contributed by atoms with Crippen LogP contribution < -0.4 is 5.32 Å². The Morgan fingerprint density at radius 3 is 2.21 bits per heavy atom. The summed E-state index contributed by atoms with van der Waals surface area (Å²) in [6.45, 7) is 5.70. The maximum atomic E-state index is 4.27. The Kier molecular flexibility index (Phi) is 11.6. The fourth-order valence-corrected chi connectivity index (χ4v) is 1.80. The molecule has 1 atom stereocenters. The Morgan fingerprint density at radius 2 is 1.64 bits per heavy atom. The third-order valence-corrected chi connectivity index (χ3v) is 2.90. The SMILES string of the molecule is CCCCNC(CCCC)CCCS. The molecule has 0 aromatic heterocycles. The van der Waals surface area contributed by atoms with Crippen LogP contribution in [-0.2, 0) is 0 Å². The quantitative estimate of drug-likeness (QED) is 0.420. The highest BCUT2D eigenvalue weighted by Crippen LogP contribution is 2.07. The topological polar surface area (TPSA) is 12.0 Å². The van der Waals surface area contributed by atoms with Gasteiger partial charge in [-0.1, -0.05) is 33.1 Å². The van der Waals surface area contributed by atoms with Gasteiger partial charge in [0.05, 0.1) is 0 Å². The first-order valence-electron chi connectivity index (χ1n) is 6.19. The number of unbranched alkanes of at least 4 members (excludes halogenated alkanes) is 2. The minimum Gasteiger partial charge on any atom is -0.314 e. The minimum atomic E-state index is 0.744. The van der Waals surface area contributed by atoms with Gasteiger partial charge in [0.1, 0.15) is 0 Å². The van der Waals surface area contributed by atoms with Gasteiger partial charge in [-0.3, -0.25) is 0 Å². The Labute approximate surface area is 95.5 Å². The zero-order valence-corrected chi connectivity index (χ0v) is 10.8. The molecule has 0 aliphatic carbocycles. The van der Waals surface area contributed by atoms with Crippen molar-refractivity contribution in [1.29, 1.82) is 0 Å². The molecule has 0 aliphatic heterocycles. The lowest BCUT2D eigenvalue weighted by atomic mass is 10.1. The predicted octanol–water partition coefficient (Wildman–Crippen LogP) is 3.64.